The van der Waals surface area contributed by atoms with Gasteiger partial charge in [-0.2, -0.15) is 0 Å². The third-order valence-electron chi connectivity index (χ3n) is 2.02. The number of ether oxygens (including phenoxy) is 1. The minimum Gasteiger partial charge on any atom is -0.383 e. The van der Waals surface area contributed by atoms with Gasteiger partial charge >= 0.3 is 0 Å². The summed E-state index contributed by atoms with van der Waals surface area (Å²) in [6.07, 6.45) is 0. The number of carbonyl (C=O) groups is 1. The number of hydrogen-bond donors (Lipinski definition) is 1. The van der Waals surface area contributed by atoms with Crippen molar-refractivity contribution in [3.05, 3.63) is 17.3 Å². The number of nitrogens with one attached hydrogen (secondary N) is 1. The minimum absolute atomic E-state index is 0.0960. The topological polar surface area (TPSA) is 67.3 Å². The average molecular weight is 259 g/mol. The SMILES string of the molecule is COCCNC(=O)CN(C)c1ccc(Cl)nn1. The summed E-state index contributed by atoms with van der Waals surface area (Å²) in [7, 11) is 3.34. The van der Waals surface area contributed by atoms with Crippen LogP contribution in [0.5, 0.6) is 0 Å². The maximum absolute atomic E-state index is 11.5. The van der Waals surface area contributed by atoms with E-state index < -0.39 is 0 Å². The normalized spacial score (nSPS) is 10.1. The van der Waals surface area contributed by atoms with Crippen molar-refractivity contribution in [3.8, 4) is 0 Å². The van der Waals surface area contributed by atoms with Crippen molar-refractivity contribution in [2.45, 2.75) is 0 Å². The highest BCUT2D eigenvalue weighted by Gasteiger charge is 2.08. The van der Waals surface area contributed by atoms with Crippen molar-refractivity contribution in [3.63, 3.8) is 0 Å². The molecule has 0 aliphatic carbocycles. The Morgan fingerprint density at radius 3 is 2.88 bits per heavy atom. The molecular weight excluding hydrogens is 244 g/mol. The highest BCUT2D eigenvalue weighted by Crippen LogP contribution is 2.09. The number of rotatable bonds is 6. The van der Waals surface area contributed by atoms with E-state index in [-0.39, 0.29) is 12.5 Å². The molecule has 0 atom stereocenters. The predicted molar refractivity (Wildman–Crippen MR) is 65.2 cm³/mol. The maximum atomic E-state index is 11.5. The van der Waals surface area contributed by atoms with Crippen LogP contribution < -0.4 is 10.2 Å². The van der Waals surface area contributed by atoms with Crippen LogP contribution in [0.1, 0.15) is 0 Å². The van der Waals surface area contributed by atoms with E-state index in [1.165, 1.54) is 0 Å². The highest BCUT2D eigenvalue weighted by molar-refractivity contribution is 6.29. The van der Waals surface area contributed by atoms with Crippen LogP contribution in [-0.2, 0) is 9.53 Å². The molecule has 0 aliphatic heterocycles. The van der Waals surface area contributed by atoms with Crippen molar-refractivity contribution in [2.75, 3.05) is 38.8 Å². The summed E-state index contributed by atoms with van der Waals surface area (Å²) in [4.78, 5) is 13.2. The molecule has 0 unspecified atom stereocenters. The molecule has 94 valence electrons. The molecule has 1 N–H and O–H groups in total. The van der Waals surface area contributed by atoms with Crippen LogP contribution >= 0.6 is 11.6 Å². The quantitative estimate of drug-likeness (QED) is 0.745. The van der Waals surface area contributed by atoms with E-state index in [9.17, 15) is 4.79 Å². The molecule has 7 heteroatoms. The summed E-state index contributed by atoms with van der Waals surface area (Å²) in [6.45, 7) is 1.20. The van der Waals surface area contributed by atoms with E-state index in [0.717, 1.165) is 0 Å². The summed E-state index contributed by atoms with van der Waals surface area (Å²) >= 11 is 5.62. The minimum atomic E-state index is -0.0960. The molecule has 1 aromatic rings. The molecule has 6 nitrogen and oxygen atoms in total. The van der Waals surface area contributed by atoms with Crippen molar-refractivity contribution in [2.24, 2.45) is 0 Å². The van der Waals surface area contributed by atoms with Gasteiger partial charge in [0.25, 0.3) is 0 Å². The van der Waals surface area contributed by atoms with Crippen molar-refractivity contribution in [1.29, 1.82) is 0 Å². The fourth-order valence-corrected chi connectivity index (χ4v) is 1.26. The fraction of sp³-hybridized carbons (Fsp3) is 0.500. The van der Waals surface area contributed by atoms with Crippen LogP contribution in [0.2, 0.25) is 5.15 Å². The van der Waals surface area contributed by atoms with E-state index in [1.807, 2.05) is 0 Å². The number of halogens is 1. The number of methoxy groups -OCH3 is 1. The first kappa shape index (κ1) is 13.7. The summed E-state index contributed by atoms with van der Waals surface area (Å²) in [6, 6.07) is 3.33. The number of hydrogen-bond acceptors (Lipinski definition) is 5. The molecule has 0 aromatic carbocycles. The van der Waals surface area contributed by atoms with Crippen molar-refractivity contribution < 1.29 is 9.53 Å². The first-order valence-electron chi connectivity index (χ1n) is 5.09. The van der Waals surface area contributed by atoms with Gasteiger partial charge in [0, 0.05) is 20.7 Å². The standard InChI is InChI=1S/C10H15ClN4O2/c1-15(7-10(16)12-5-6-17-2)9-4-3-8(11)13-14-9/h3-4H,5-7H2,1-2H3,(H,12,16). The number of likely N-dealkylation sites (N-methyl/N-ethyl adjacent to an activating group) is 1. The van der Waals surface area contributed by atoms with Gasteiger partial charge in [-0.25, -0.2) is 0 Å². The molecule has 0 saturated carbocycles. The van der Waals surface area contributed by atoms with E-state index in [2.05, 4.69) is 15.5 Å². The lowest BCUT2D eigenvalue weighted by Crippen LogP contribution is -2.37. The van der Waals surface area contributed by atoms with Gasteiger partial charge in [-0.1, -0.05) is 11.6 Å². The Labute approximate surface area is 105 Å². The number of aromatic nitrogens is 2. The average Bonchev–Trinajstić information content (AvgIpc) is 2.30. The van der Waals surface area contributed by atoms with Gasteiger partial charge in [0.15, 0.2) is 11.0 Å². The predicted octanol–water partition coefficient (Wildman–Crippen LogP) is 0.329. The zero-order chi connectivity index (χ0) is 12.7. The molecule has 0 radical (unpaired) electrons. The van der Waals surface area contributed by atoms with E-state index >= 15 is 0 Å². The van der Waals surface area contributed by atoms with Crippen LogP contribution in [0, 0.1) is 0 Å². The zero-order valence-electron chi connectivity index (χ0n) is 9.81. The first-order valence-corrected chi connectivity index (χ1v) is 5.47. The third kappa shape index (κ3) is 4.97. The summed E-state index contributed by atoms with van der Waals surface area (Å²) < 4.78 is 4.83. The molecule has 0 bridgehead atoms. The van der Waals surface area contributed by atoms with Crippen LogP contribution in [0.4, 0.5) is 5.82 Å². The smallest absolute Gasteiger partial charge is 0.239 e. The zero-order valence-corrected chi connectivity index (χ0v) is 10.6. The maximum Gasteiger partial charge on any atom is 0.239 e. The molecule has 1 heterocycles. The van der Waals surface area contributed by atoms with Gasteiger partial charge in [0.05, 0.1) is 13.2 Å². The lowest BCUT2D eigenvalue weighted by Gasteiger charge is -2.16. The van der Waals surface area contributed by atoms with Crippen LogP contribution in [-0.4, -0.2) is 50.0 Å². The third-order valence-corrected chi connectivity index (χ3v) is 2.22. The second kappa shape index (κ2) is 7.03. The number of amides is 1. The molecule has 17 heavy (non-hydrogen) atoms. The Morgan fingerprint density at radius 1 is 1.53 bits per heavy atom. The van der Waals surface area contributed by atoms with Crippen LogP contribution in [0.3, 0.4) is 0 Å². The molecule has 1 rings (SSSR count). The van der Waals surface area contributed by atoms with Gasteiger partial charge in [0.2, 0.25) is 5.91 Å². The molecule has 0 spiro atoms. The molecule has 0 saturated heterocycles. The van der Waals surface area contributed by atoms with E-state index in [1.54, 1.807) is 31.2 Å². The monoisotopic (exact) mass is 258 g/mol. The van der Waals surface area contributed by atoms with Crippen molar-refractivity contribution >= 4 is 23.3 Å². The van der Waals surface area contributed by atoms with E-state index in [0.29, 0.717) is 24.1 Å². The Balaban J connectivity index is 2.40. The molecule has 0 aliphatic rings. The summed E-state index contributed by atoms with van der Waals surface area (Å²) in [5.74, 6) is 0.498. The first-order chi connectivity index (χ1) is 8.13. The Bertz CT molecular complexity index is 358. The number of carbonyl (C=O) groups excluding carboxylic acids is 1. The molecule has 0 fully saturated rings. The number of nitrogens with zero attached hydrogens (tertiary/aromatic N) is 3. The Kier molecular flexibility index (Phi) is 5.65. The van der Waals surface area contributed by atoms with Gasteiger partial charge < -0.3 is 15.0 Å². The van der Waals surface area contributed by atoms with Crippen LogP contribution in [0.25, 0.3) is 0 Å². The Morgan fingerprint density at radius 2 is 2.29 bits per heavy atom. The second-order valence-corrected chi connectivity index (χ2v) is 3.80. The van der Waals surface area contributed by atoms with E-state index in [4.69, 9.17) is 16.3 Å². The number of anilines is 1. The summed E-state index contributed by atoms with van der Waals surface area (Å²) in [5.41, 5.74) is 0. The molecule has 1 aromatic heterocycles. The lowest BCUT2D eigenvalue weighted by atomic mass is 10.4. The highest BCUT2D eigenvalue weighted by atomic mass is 35.5. The fourth-order valence-electron chi connectivity index (χ4n) is 1.16. The lowest BCUT2D eigenvalue weighted by molar-refractivity contribution is -0.119. The van der Waals surface area contributed by atoms with Crippen molar-refractivity contribution in [1.82, 2.24) is 15.5 Å². The molecule has 1 amide bonds. The van der Waals surface area contributed by atoms with Gasteiger partial charge in [-0.15, -0.1) is 10.2 Å². The van der Waals surface area contributed by atoms with Crippen LogP contribution in [0.15, 0.2) is 12.1 Å². The van der Waals surface area contributed by atoms with Gasteiger partial charge in [-0.3, -0.25) is 4.79 Å². The largest absolute Gasteiger partial charge is 0.383 e. The molecular formula is C10H15ClN4O2. The van der Waals surface area contributed by atoms with Gasteiger partial charge in [-0.05, 0) is 12.1 Å². The summed E-state index contributed by atoms with van der Waals surface area (Å²) in [5, 5.41) is 10.6. The van der Waals surface area contributed by atoms with Gasteiger partial charge in [0.1, 0.15) is 0 Å². The Hall–Kier alpha value is -1.40. The second-order valence-electron chi connectivity index (χ2n) is 3.41.